The highest BCUT2D eigenvalue weighted by atomic mass is 16.2. The topological polar surface area (TPSA) is 75.4 Å². The Morgan fingerprint density at radius 2 is 1.89 bits per heavy atom. The molecule has 0 aliphatic carbocycles. The summed E-state index contributed by atoms with van der Waals surface area (Å²) in [6, 6.07) is 9.11. The number of carbonyl (C=O) groups excluding carboxylic acids is 2. The van der Waals surface area contributed by atoms with Crippen molar-refractivity contribution >= 4 is 17.5 Å². The van der Waals surface area contributed by atoms with Gasteiger partial charge in [-0.1, -0.05) is 25.1 Å². The molecule has 5 nitrogen and oxygen atoms in total. The number of amides is 2. The molecule has 0 radical (unpaired) electrons. The van der Waals surface area contributed by atoms with Crippen molar-refractivity contribution in [3.63, 3.8) is 0 Å². The monoisotopic (exact) mass is 263 g/mol. The third-order valence-corrected chi connectivity index (χ3v) is 3.01. The number of likely N-dealkylation sites (N-methyl/N-ethyl adjacent to an activating group) is 1. The van der Waals surface area contributed by atoms with Gasteiger partial charge in [-0.05, 0) is 25.5 Å². The summed E-state index contributed by atoms with van der Waals surface area (Å²) in [5, 5.41) is 2.72. The number of nitrogens with two attached hydrogens (primary N) is 1. The minimum Gasteiger partial charge on any atom is -0.335 e. The number of nitrogens with one attached hydrogen (secondary N) is 1. The normalized spacial score (nSPS) is 13.5. The Kier molecular flexibility index (Phi) is 5.06. The number of benzene rings is 1. The highest BCUT2D eigenvalue weighted by Crippen LogP contribution is 2.09. The predicted molar refractivity (Wildman–Crippen MR) is 75.6 cm³/mol. The second kappa shape index (κ2) is 6.33. The molecular formula is C14H21N3O2. The summed E-state index contributed by atoms with van der Waals surface area (Å²) in [6.07, 6.45) is 0.524. The molecule has 1 rings (SSSR count). The van der Waals surface area contributed by atoms with Crippen LogP contribution in [0.25, 0.3) is 0 Å². The highest BCUT2D eigenvalue weighted by Gasteiger charge is 2.29. The van der Waals surface area contributed by atoms with Crippen LogP contribution < -0.4 is 11.1 Å². The van der Waals surface area contributed by atoms with Gasteiger partial charge >= 0.3 is 0 Å². The molecule has 0 aliphatic rings. The zero-order chi connectivity index (χ0) is 14.5. The van der Waals surface area contributed by atoms with Crippen LogP contribution in [0, 0.1) is 0 Å². The van der Waals surface area contributed by atoms with E-state index >= 15 is 0 Å². The first-order valence-corrected chi connectivity index (χ1v) is 6.26. The molecule has 1 aromatic rings. The van der Waals surface area contributed by atoms with E-state index in [2.05, 4.69) is 5.32 Å². The molecule has 0 saturated carbocycles. The van der Waals surface area contributed by atoms with E-state index < -0.39 is 5.54 Å². The largest absolute Gasteiger partial charge is 0.335 e. The van der Waals surface area contributed by atoms with Gasteiger partial charge in [-0.2, -0.15) is 0 Å². The molecule has 0 fully saturated rings. The standard InChI is InChI=1S/C14H21N3O2/c1-4-14(2,15)13(19)17(3)10-12(18)16-11-8-6-5-7-9-11/h5-9H,4,10,15H2,1-3H3,(H,16,18). The Bertz CT molecular complexity index is 443. The van der Waals surface area contributed by atoms with Gasteiger partial charge in [-0.15, -0.1) is 0 Å². The van der Waals surface area contributed by atoms with E-state index in [1.165, 1.54) is 4.90 Å². The van der Waals surface area contributed by atoms with E-state index in [4.69, 9.17) is 5.73 Å². The number of carbonyl (C=O) groups is 2. The molecule has 1 aromatic carbocycles. The second-order valence-electron chi connectivity index (χ2n) is 4.85. The number of hydrogen-bond acceptors (Lipinski definition) is 3. The van der Waals surface area contributed by atoms with E-state index in [9.17, 15) is 9.59 Å². The molecule has 0 heterocycles. The molecule has 2 amide bonds. The van der Waals surface area contributed by atoms with Crippen LogP contribution in [0.4, 0.5) is 5.69 Å². The molecule has 0 bridgehead atoms. The van der Waals surface area contributed by atoms with Gasteiger partial charge in [-0.3, -0.25) is 9.59 Å². The van der Waals surface area contributed by atoms with Crippen molar-refractivity contribution in [3.05, 3.63) is 30.3 Å². The lowest BCUT2D eigenvalue weighted by Crippen LogP contribution is -2.53. The van der Waals surface area contributed by atoms with E-state index in [0.29, 0.717) is 12.1 Å². The van der Waals surface area contributed by atoms with Gasteiger partial charge in [0.1, 0.15) is 0 Å². The lowest BCUT2D eigenvalue weighted by molar-refractivity contribution is -0.137. The minimum absolute atomic E-state index is 0.0134. The first kappa shape index (κ1) is 15.2. The summed E-state index contributed by atoms with van der Waals surface area (Å²) in [5.74, 6) is -0.479. The summed E-state index contributed by atoms with van der Waals surface area (Å²) >= 11 is 0. The van der Waals surface area contributed by atoms with Crippen molar-refractivity contribution in [2.24, 2.45) is 5.73 Å². The lowest BCUT2D eigenvalue weighted by atomic mass is 9.99. The van der Waals surface area contributed by atoms with Gasteiger partial charge < -0.3 is 16.0 Å². The number of rotatable bonds is 5. The molecular weight excluding hydrogens is 242 g/mol. The predicted octanol–water partition coefficient (Wildman–Crippen LogP) is 1.21. The zero-order valence-electron chi connectivity index (χ0n) is 11.6. The van der Waals surface area contributed by atoms with Crippen LogP contribution in [0.15, 0.2) is 30.3 Å². The average molecular weight is 263 g/mol. The first-order chi connectivity index (χ1) is 8.86. The summed E-state index contributed by atoms with van der Waals surface area (Å²) < 4.78 is 0. The van der Waals surface area contributed by atoms with Crippen LogP contribution in [0.2, 0.25) is 0 Å². The fraction of sp³-hybridized carbons (Fsp3) is 0.429. The quantitative estimate of drug-likeness (QED) is 0.838. The Labute approximate surface area is 113 Å². The maximum absolute atomic E-state index is 12.0. The molecule has 0 spiro atoms. The summed E-state index contributed by atoms with van der Waals surface area (Å²) in [6.45, 7) is 3.50. The van der Waals surface area contributed by atoms with E-state index in [0.717, 1.165) is 0 Å². The molecule has 5 heteroatoms. The minimum atomic E-state index is -0.929. The van der Waals surface area contributed by atoms with Crippen molar-refractivity contribution in [1.82, 2.24) is 4.90 Å². The summed E-state index contributed by atoms with van der Waals surface area (Å²) in [5.41, 5.74) is 5.64. The van der Waals surface area contributed by atoms with Gasteiger partial charge in [0, 0.05) is 12.7 Å². The van der Waals surface area contributed by atoms with Crippen LogP contribution in [-0.2, 0) is 9.59 Å². The van der Waals surface area contributed by atoms with Crippen molar-refractivity contribution in [1.29, 1.82) is 0 Å². The van der Waals surface area contributed by atoms with Gasteiger partial charge in [0.05, 0.1) is 12.1 Å². The van der Waals surface area contributed by atoms with Gasteiger partial charge in [0.25, 0.3) is 0 Å². The van der Waals surface area contributed by atoms with Crippen molar-refractivity contribution in [3.8, 4) is 0 Å². The summed E-state index contributed by atoms with van der Waals surface area (Å²) in [7, 11) is 1.58. The van der Waals surface area contributed by atoms with Crippen LogP contribution in [0.3, 0.4) is 0 Å². The van der Waals surface area contributed by atoms with Gasteiger partial charge in [0.2, 0.25) is 11.8 Å². The lowest BCUT2D eigenvalue weighted by Gasteiger charge is -2.27. The number of para-hydroxylation sites is 1. The number of hydrogen-bond donors (Lipinski definition) is 2. The van der Waals surface area contributed by atoms with Crippen molar-refractivity contribution < 1.29 is 9.59 Å². The Morgan fingerprint density at radius 3 is 2.42 bits per heavy atom. The van der Waals surface area contributed by atoms with Crippen molar-refractivity contribution in [2.75, 3.05) is 18.9 Å². The molecule has 0 saturated heterocycles. The maximum Gasteiger partial charge on any atom is 0.243 e. The first-order valence-electron chi connectivity index (χ1n) is 6.26. The number of nitrogens with zero attached hydrogens (tertiary/aromatic N) is 1. The maximum atomic E-state index is 12.0. The van der Waals surface area contributed by atoms with Crippen LogP contribution >= 0.6 is 0 Å². The second-order valence-corrected chi connectivity index (χ2v) is 4.85. The third-order valence-electron chi connectivity index (χ3n) is 3.01. The summed E-state index contributed by atoms with van der Waals surface area (Å²) in [4.78, 5) is 25.2. The molecule has 0 aliphatic heterocycles. The molecule has 19 heavy (non-hydrogen) atoms. The number of anilines is 1. The molecule has 1 unspecified atom stereocenters. The van der Waals surface area contributed by atoms with Crippen LogP contribution in [-0.4, -0.2) is 35.8 Å². The van der Waals surface area contributed by atoms with E-state index in [1.807, 2.05) is 25.1 Å². The van der Waals surface area contributed by atoms with Gasteiger partial charge in [0.15, 0.2) is 0 Å². The Hall–Kier alpha value is -1.88. The Morgan fingerprint density at radius 1 is 1.32 bits per heavy atom. The highest BCUT2D eigenvalue weighted by molar-refractivity contribution is 5.95. The SMILES string of the molecule is CCC(C)(N)C(=O)N(C)CC(=O)Nc1ccccc1. The fourth-order valence-corrected chi connectivity index (χ4v) is 1.60. The van der Waals surface area contributed by atoms with Gasteiger partial charge in [-0.25, -0.2) is 0 Å². The zero-order valence-corrected chi connectivity index (χ0v) is 11.6. The van der Waals surface area contributed by atoms with E-state index in [-0.39, 0.29) is 18.4 Å². The molecule has 104 valence electrons. The average Bonchev–Trinajstić information content (AvgIpc) is 2.38. The third kappa shape index (κ3) is 4.37. The van der Waals surface area contributed by atoms with Crippen LogP contribution in [0.5, 0.6) is 0 Å². The Balaban J connectivity index is 2.55. The molecule has 0 aromatic heterocycles. The fourth-order valence-electron chi connectivity index (χ4n) is 1.60. The van der Waals surface area contributed by atoms with Crippen LogP contribution in [0.1, 0.15) is 20.3 Å². The van der Waals surface area contributed by atoms with E-state index in [1.54, 1.807) is 26.1 Å². The molecule has 3 N–H and O–H groups in total. The smallest absolute Gasteiger partial charge is 0.243 e. The molecule has 1 atom stereocenters. The van der Waals surface area contributed by atoms with Crippen molar-refractivity contribution in [2.45, 2.75) is 25.8 Å².